The number of hydrogen-bond acceptors (Lipinski definition) is 6. The van der Waals surface area contributed by atoms with Gasteiger partial charge in [-0.1, -0.05) is 170 Å². The van der Waals surface area contributed by atoms with E-state index in [-0.39, 0.29) is 25.7 Å². The molecule has 0 aliphatic heterocycles. The molecule has 0 saturated heterocycles. The fraction of sp³-hybridized carbons (Fsp3) is 0.681. The Labute approximate surface area is 343 Å². The first-order valence-corrected chi connectivity index (χ1v) is 23.7. The van der Waals surface area contributed by atoms with E-state index in [1.165, 1.54) is 70.6 Å². The van der Waals surface area contributed by atoms with Crippen LogP contribution in [-0.4, -0.2) is 47.8 Å². The maximum Gasteiger partial charge on any atom is 0.472 e. The van der Waals surface area contributed by atoms with Crippen LogP contribution in [0, 0.1) is 0 Å². The van der Waals surface area contributed by atoms with Crippen molar-refractivity contribution in [3.63, 3.8) is 0 Å². The average Bonchev–Trinajstić information content (AvgIpc) is 3.19. The zero-order valence-corrected chi connectivity index (χ0v) is 36.5. The predicted octanol–water partition coefficient (Wildman–Crippen LogP) is 12.6. The van der Waals surface area contributed by atoms with Crippen molar-refractivity contribution >= 4 is 13.7 Å². The molecular formula is C47H83N2O6P. The number of amides is 1. The molecule has 1 amide bonds. The van der Waals surface area contributed by atoms with Crippen LogP contribution in [0.25, 0.3) is 0 Å². The van der Waals surface area contributed by atoms with Gasteiger partial charge in [0.25, 0.3) is 0 Å². The monoisotopic (exact) mass is 803 g/mol. The summed E-state index contributed by atoms with van der Waals surface area (Å²) in [5.41, 5.74) is 5.37. The smallest absolute Gasteiger partial charge is 0.387 e. The molecule has 8 nitrogen and oxygen atoms in total. The third-order valence-corrected chi connectivity index (χ3v) is 10.2. The van der Waals surface area contributed by atoms with E-state index in [2.05, 4.69) is 92.1 Å². The molecule has 0 spiro atoms. The number of phosphoric acid groups is 1. The third kappa shape index (κ3) is 39.9. The van der Waals surface area contributed by atoms with Gasteiger partial charge in [0, 0.05) is 13.0 Å². The normalized spacial score (nSPS) is 14.9. The average molecular weight is 803 g/mol. The van der Waals surface area contributed by atoms with Crippen molar-refractivity contribution in [1.82, 2.24) is 5.32 Å². The Balaban J connectivity index is 4.22. The van der Waals surface area contributed by atoms with E-state index in [9.17, 15) is 19.4 Å². The minimum atomic E-state index is -4.36. The van der Waals surface area contributed by atoms with Crippen LogP contribution in [0.2, 0.25) is 0 Å². The molecular weight excluding hydrogens is 719 g/mol. The molecule has 322 valence electrons. The molecule has 0 rings (SSSR count). The molecule has 0 aromatic carbocycles. The number of nitrogens with two attached hydrogens (primary N) is 1. The number of aliphatic hydroxyl groups excluding tert-OH is 1. The highest BCUT2D eigenvalue weighted by Gasteiger charge is 2.26. The topological polar surface area (TPSA) is 131 Å². The van der Waals surface area contributed by atoms with E-state index < -0.39 is 20.0 Å². The van der Waals surface area contributed by atoms with Crippen molar-refractivity contribution in [2.45, 2.75) is 187 Å². The first kappa shape index (κ1) is 53.7. The Morgan fingerprint density at radius 2 is 1.05 bits per heavy atom. The van der Waals surface area contributed by atoms with E-state index in [1.807, 2.05) is 6.08 Å². The molecule has 0 fully saturated rings. The van der Waals surface area contributed by atoms with Gasteiger partial charge >= 0.3 is 7.82 Å². The van der Waals surface area contributed by atoms with Crippen molar-refractivity contribution < 1.29 is 28.4 Å². The summed E-state index contributed by atoms with van der Waals surface area (Å²) in [4.78, 5) is 22.7. The van der Waals surface area contributed by atoms with Gasteiger partial charge in [-0.2, -0.15) is 0 Å². The maximum atomic E-state index is 12.8. The summed E-state index contributed by atoms with van der Waals surface area (Å²) in [7, 11) is -4.36. The Morgan fingerprint density at radius 3 is 1.59 bits per heavy atom. The highest BCUT2D eigenvalue weighted by Crippen LogP contribution is 2.43. The summed E-state index contributed by atoms with van der Waals surface area (Å²) in [5, 5.41) is 13.6. The van der Waals surface area contributed by atoms with E-state index in [4.69, 9.17) is 14.8 Å². The second kappa shape index (κ2) is 42.3. The second-order valence-corrected chi connectivity index (χ2v) is 16.0. The van der Waals surface area contributed by atoms with Crippen LogP contribution in [-0.2, 0) is 18.4 Å². The highest BCUT2D eigenvalue weighted by atomic mass is 31.2. The predicted molar refractivity (Wildman–Crippen MR) is 239 cm³/mol. The van der Waals surface area contributed by atoms with Gasteiger partial charge in [0.1, 0.15) is 0 Å². The standard InChI is InChI=1S/C47H83N2O6P/c1-3-5-7-9-11-13-15-17-19-20-21-22-23-24-25-26-27-29-31-33-35-37-39-41-47(51)49-45(44-55-56(52,53)54-43-42-48)46(50)40-38-36-34-32-30-28-18-16-14-12-10-8-6-4-2/h5,7,11,13-14,16-17,19,21-22,30,32,38,40,45-46,50H,3-4,6,8-10,12,15,18,20,23-29,31,33-37,39,41-44,48H2,1-2H3,(H,49,51)(H,52,53)/b7-5-,13-11-,16-14+,19-17-,22-21-,32-30+,40-38+. The molecule has 0 bridgehead atoms. The van der Waals surface area contributed by atoms with Crippen LogP contribution in [0.15, 0.2) is 85.1 Å². The number of unbranched alkanes of at least 4 members (excludes halogenated alkanes) is 16. The number of nitrogens with one attached hydrogen (secondary N) is 1. The zero-order valence-electron chi connectivity index (χ0n) is 35.6. The highest BCUT2D eigenvalue weighted by molar-refractivity contribution is 7.47. The van der Waals surface area contributed by atoms with E-state index in [0.29, 0.717) is 6.42 Å². The van der Waals surface area contributed by atoms with Crippen molar-refractivity contribution in [2.24, 2.45) is 5.73 Å². The van der Waals surface area contributed by atoms with Crippen LogP contribution >= 0.6 is 7.82 Å². The van der Waals surface area contributed by atoms with Crippen LogP contribution in [0.4, 0.5) is 0 Å². The summed E-state index contributed by atoms with van der Waals surface area (Å²) < 4.78 is 22.1. The maximum absolute atomic E-state index is 12.8. The van der Waals surface area contributed by atoms with Crippen molar-refractivity contribution in [3.8, 4) is 0 Å². The third-order valence-electron chi connectivity index (χ3n) is 9.18. The van der Waals surface area contributed by atoms with Gasteiger partial charge < -0.3 is 21.1 Å². The number of rotatable bonds is 40. The lowest BCUT2D eigenvalue weighted by molar-refractivity contribution is -0.123. The fourth-order valence-electron chi connectivity index (χ4n) is 5.86. The molecule has 0 aromatic rings. The van der Waals surface area contributed by atoms with Gasteiger partial charge in [-0.3, -0.25) is 13.8 Å². The van der Waals surface area contributed by atoms with Crippen molar-refractivity contribution in [1.29, 1.82) is 0 Å². The van der Waals surface area contributed by atoms with Crippen molar-refractivity contribution in [2.75, 3.05) is 19.8 Å². The van der Waals surface area contributed by atoms with E-state index >= 15 is 0 Å². The molecule has 9 heteroatoms. The van der Waals surface area contributed by atoms with Crippen LogP contribution in [0.5, 0.6) is 0 Å². The summed E-state index contributed by atoms with van der Waals surface area (Å²) in [6.45, 7) is 3.95. The van der Waals surface area contributed by atoms with Crippen LogP contribution in [0.3, 0.4) is 0 Å². The van der Waals surface area contributed by atoms with Gasteiger partial charge in [-0.15, -0.1) is 0 Å². The van der Waals surface area contributed by atoms with E-state index in [0.717, 1.165) is 83.5 Å². The molecule has 0 aliphatic carbocycles. The molecule has 0 aromatic heterocycles. The summed E-state index contributed by atoms with van der Waals surface area (Å²) in [6.07, 6.45) is 56.3. The second-order valence-electron chi connectivity index (χ2n) is 14.5. The van der Waals surface area contributed by atoms with Gasteiger partial charge in [0.2, 0.25) is 5.91 Å². The van der Waals surface area contributed by atoms with Crippen molar-refractivity contribution in [3.05, 3.63) is 85.1 Å². The number of aliphatic hydroxyl groups is 1. The van der Waals surface area contributed by atoms with Gasteiger partial charge in [0.15, 0.2) is 0 Å². The SMILES string of the molecule is CC/C=C\C/C=C\C/C=C\C/C=C\CCCCCCCCCCCCC(=O)NC(COP(=O)(O)OCCN)C(O)/C=C/CC/C=C/CC/C=C/CCCCCC. The molecule has 5 N–H and O–H groups in total. The van der Waals surface area contributed by atoms with E-state index in [1.54, 1.807) is 6.08 Å². The number of carbonyl (C=O) groups is 1. The Hall–Kier alpha value is -2.32. The number of hydrogen-bond donors (Lipinski definition) is 4. The summed E-state index contributed by atoms with van der Waals surface area (Å²) in [6, 6.07) is -0.890. The van der Waals surface area contributed by atoms with Crippen LogP contribution in [0.1, 0.15) is 174 Å². The van der Waals surface area contributed by atoms with Gasteiger partial charge in [0.05, 0.1) is 25.4 Å². The summed E-state index contributed by atoms with van der Waals surface area (Å²) in [5.74, 6) is -0.218. The first-order chi connectivity index (χ1) is 27.4. The molecule has 3 unspecified atom stereocenters. The number of carbonyl (C=O) groups excluding carboxylic acids is 1. The Bertz CT molecular complexity index is 1150. The Morgan fingerprint density at radius 1 is 0.607 bits per heavy atom. The number of allylic oxidation sites excluding steroid dienone is 13. The minimum Gasteiger partial charge on any atom is -0.387 e. The lowest BCUT2D eigenvalue weighted by Gasteiger charge is -2.23. The lowest BCUT2D eigenvalue weighted by atomic mass is 10.0. The quantitative estimate of drug-likeness (QED) is 0.0276. The zero-order chi connectivity index (χ0) is 41.1. The fourth-order valence-corrected chi connectivity index (χ4v) is 6.62. The molecule has 0 radical (unpaired) electrons. The molecule has 0 aliphatic rings. The molecule has 3 atom stereocenters. The minimum absolute atomic E-state index is 0.0669. The Kier molecular flexibility index (Phi) is 40.5. The lowest BCUT2D eigenvalue weighted by Crippen LogP contribution is -2.45. The first-order valence-electron chi connectivity index (χ1n) is 22.2. The largest absolute Gasteiger partial charge is 0.472 e. The molecule has 56 heavy (non-hydrogen) atoms. The van der Waals surface area contributed by atoms with Crippen LogP contribution < -0.4 is 11.1 Å². The molecule has 0 saturated carbocycles. The summed E-state index contributed by atoms with van der Waals surface area (Å²) >= 11 is 0. The molecule has 0 heterocycles. The van der Waals surface area contributed by atoms with Gasteiger partial charge in [-0.05, 0) is 83.5 Å². The van der Waals surface area contributed by atoms with Gasteiger partial charge in [-0.25, -0.2) is 4.57 Å². The number of phosphoric ester groups is 1.